The van der Waals surface area contributed by atoms with E-state index in [-0.39, 0.29) is 17.6 Å². The Hall–Kier alpha value is -1.91. The molecule has 3 nitrogen and oxygen atoms in total. The highest BCUT2D eigenvalue weighted by molar-refractivity contribution is 5.34. The first-order chi connectivity index (χ1) is 10.0. The van der Waals surface area contributed by atoms with E-state index in [0.29, 0.717) is 6.42 Å². The molecule has 1 atom stereocenters. The first kappa shape index (κ1) is 15.5. The van der Waals surface area contributed by atoms with Gasteiger partial charge in [0.1, 0.15) is 0 Å². The molecule has 0 aromatic heterocycles. The van der Waals surface area contributed by atoms with Crippen LogP contribution in [0.25, 0.3) is 0 Å². The van der Waals surface area contributed by atoms with E-state index in [4.69, 9.17) is 10.6 Å². The largest absolute Gasteiger partial charge is 0.494 e. The Morgan fingerprint density at radius 3 is 2.48 bits per heavy atom. The molecule has 3 N–H and O–H groups in total. The Labute approximate surface area is 124 Å². The van der Waals surface area contributed by atoms with Crippen molar-refractivity contribution in [2.45, 2.75) is 26.3 Å². The third-order valence-corrected chi connectivity index (χ3v) is 3.79. The summed E-state index contributed by atoms with van der Waals surface area (Å²) in [7, 11) is 1.46. The fourth-order valence-corrected chi connectivity index (χ4v) is 2.33. The first-order valence-corrected chi connectivity index (χ1v) is 6.91. The maximum absolute atomic E-state index is 13.7. The van der Waals surface area contributed by atoms with E-state index in [9.17, 15) is 4.39 Å². The summed E-state index contributed by atoms with van der Waals surface area (Å²) >= 11 is 0. The van der Waals surface area contributed by atoms with E-state index < -0.39 is 0 Å². The average Bonchev–Trinajstić information content (AvgIpc) is 2.48. The second-order valence-electron chi connectivity index (χ2n) is 5.24. The van der Waals surface area contributed by atoms with Gasteiger partial charge in [0, 0.05) is 6.04 Å². The lowest BCUT2D eigenvalue weighted by atomic mass is 9.96. The van der Waals surface area contributed by atoms with Crippen molar-refractivity contribution >= 4 is 0 Å². The number of methoxy groups -OCH3 is 1. The normalized spacial score (nSPS) is 12.2. The number of hydrazine groups is 1. The van der Waals surface area contributed by atoms with Crippen molar-refractivity contribution in [3.05, 3.63) is 64.5 Å². The van der Waals surface area contributed by atoms with E-state index in [1.54, 1.807) is 6.07 Å². The van der Waals surface area contributed by atoms with Gasteiger partial charge in [-0.3, -0.25) is 11.3 Å². The summed E-state index contributed by atoms with van der Waals surface area (Å²) < 4.78 is 18.7. The van der Waals surface area contributed by atoms with Crippen LogP contribution in [0.15, 0.2) is 36.4 Å². The van der Waals surface area contributed by atoms with Crippen molar-refractivity contribution in [1.29, 1.82) is 0 Å². The molecule has 4 heteroatoms. The minimum absolute atomic E-state index is 0.0582. The average molecular weight is 288 g/mol. The molecule has 0 aliphatic heterocycles. The van der Waals surface area contributed by atoms with Crippen molar-refractivity contribution in [2.24, 2.45) is 5.84 Å². The number of ether oxygens (including phenoxy) is 1. The molecule has 2 aromatic rings. The number of nitrogens with one attached hydrogen (secondary N) is 1. The zero-order valence-corrected chi connectivity index (χ0v) is 12.6. The van der Waals surface area contributed by atoms with E-state index in [0.717, 1.165) is 11.1 Å². The van der Waals surface area contributed by atoms with E-state index in [1.807, 2.05) is 12.1 Å². The highest BCUT2D eigenvalue weighted by Crippen LogP contribution is 2.23. The van der Waals surface area contributed by atoms with Gasteiger partial charge in [0.2, 0.25) is 0 Å². The van der Waals surface area contributed by atoms with Gasteiger partial charge in [-0.1, -0.05) is 24.3 Å². The highest BCUT2D eigenvalue weighted by atomic mass is 19.1. The fourth-order valence-electron chi connectivity index (χ4n) is 2.33. The van der Waals surface area contributed by atoms with Crippen molar-refractivity contribution in [1.82, 2.24) is 5.43 Å². The molecule has 0 heterocycles. The molecule has 0 saturated heterocycles. The lowest BCUT2D eigenvalue weighted by Crippen LogP contribution is -2.29. The summed E-state index contributed by atoms with van der Waals surface area (Å²) in [4.78, 5) is 0. The number of aryl methyl sites for hydroxylation is 2. The van der Waals surface area contributed by atoms with Gasteiger partial charge in [-0.05, 0) is 54.7 Å². The standard InChI is InChI=1S/C17H21FN2O/c1-11-4-6-14(8-12(11)2)16(20-19)10-13-5-7-17(21-3)15(18)9-13/h4-9,16,20H,10,19H2,1-3H3. The third-order valence-electron chi connectivity index (χ3n) is 3.79. The van der Waals surface area contributed by atoms with E-state index >= 15 is 0 Å². The molecule has 0 saturated carbocycles. The summed E-state index contributed by atoms with van der Waals surface area (Å²) in [5.74, 6) is 5.56. The highest BCUT2D eigenvalue weighted by Gasteiger charge is 2.13. The van der Waals surface area contributed by atoms with Gasteiger partial charge in [-0.15, -0.1) is 0 Å². The van der Waals surface area contributed by atoms with Crippen LogP contribution in [-0.2, 0) is 6.42 Å². The van der Waals surface area contributed by atoms with Crippen molar-refractivity contribution in [3.8, 4) is 5.75 Å². The van der Waals surface area contributed by atoms with Crippen LogP contribution in [0.4, 0.5) is 4.39 Å². The molecule has 0 bridgehead atoms. The molecular weight excluding hydrogens is 267 g/mol. The van der Waals surface area contributed by atoms with Crippen LogP contribution in [-0.4, -0.2) is 7.11 Å². The van der Waals surface area contributed by atoms with Crippen LogP contribution in [0, 0.1) is 19.7 Å². The molecule has 0 aliphatic rings. The number of nitrogens with two attached hydrogens (primary N) is 1. The topological polar surface area (TPSA) is 47.3 Å². The second kappa shape index (κ2) is 6.70. The number of halogens is 1. The van der Waals surface area contributed by atoms with Gasteiger partial charge < -0.3 is 4.74 Å². The van der Waals surface area contributed by atoms with Crippen LogP contribution in [0.5, 0.6) is 5.75 Å². The number of hydrogen-bond donors (Lipinski definition) is 2. The van der Waals surface area contributed by atoms with Gasteiger partial charge >= 0.3 is 0 Å². The molecule has 0 aliphatic carbocycles. The number of hydrogen-bond acceptors (Lipinski definition) is 3. The molecule has 2 aromatic carbocycles. The second-order valence-corrected chi connectivity index (χ2v) is 5.24. The van der Waals surface area contributed by atoms with Gasteiger partial charge in [0.25, 0.3) is 0 Å². The quantitative estimate of drug-likeness (QED) is 0.656. The van der Waals surface area contributed by atoms with E-state index in [1.165, 1.54) is 24.3 Å². The molecule has 112 valence electrons. The van der Waals surface area contributed by atoms with Gasteiger partial charge in [-0.25, -0.2) is 4.39 Å². The predicted octanol–water partition coefficient (Wildman–Crippen LogP) is 3.20. The van der Waals surface area contributed by atoms with Crippen LogP contribution in [0.2, 0.25) is 0 Å². The number of benzene rings is 2. The molecule has 1 unspecified atom stereocenters. The van der Waals surface area contributed by atoms with Crippen molar-refractivity contribution in [3.63, 3.8) is 0 Å². The minimum atomic E-state index is -0.356. The van der Waals surface area contributed by atoms with Crippen molar-refractivity contribution in [2.75, 3.05) is 7.11 Å². The Bertz CT molecular complexity index is 628. The predicted molar refractivity (Wildman–Crippen MR) is 82.6 cm³/mol. The summed E-state index contributed by atoms with van der Waals surface area (Å²) in [6.07, 6.45) is 0.611. The lowest BCUT2D eigenvalue weighted by molar-refractivity contribution is 0.386. The lowest BCUT2D eigenvalue weighted by Gasteiger charge is -2.18. The van der Waals surface area contributed by atoms with Gasteiger partial charge in [0.05, 0.1) is 7.11 Å². The minimum Gasteiger partial charge on any atom is -0.494 e. The fraction of sp³-hybridized carbons (Fsp3) is 0.294. The molecule has 0 radical (unpaired) electrons. The first-order valence-electron chi connectivity index (χ1n) is 6.91. The Kier molecular flexibility index (Phi) is 4.94. The molecule has 0 spiro atoms. The molecule has 2 rings (SSSR count). The van der Waals surface area contributed by atoms with Gasteiger partial charge in [0.15, 0.2) is 11.6 Å². The van der Waals surface area contributed by atoms with E-state index in [2.05, 4.69) is 31.4 Å². The SMILES string of the molecule is COc1ccc(CC(NN)c2ccc(C)c(C)c2)cc1F. The third kappa shape index (κ3) is 3.60. The zero-order chi connectivity index (χ0) is 15.4. The smallest absolute Gasteiger partial charge is 0.165 e. The molecule has 21 heavy (non-hydrogen) atoms. The summed E-state index contributed by atoms with van der Waals surface area (Å²) in [6.45, 7) is 4.14. The van der Waals surface area contributed by atoms with Crippen molar-refractivity contribution < 1.29 is 9.13 Å². The van der Waals surface area contributed by atoms with Crippen LogP contribution < -0.4 is 16.0 Å². The summed E-state index contributed by atoms with van der Waals surface area (Å²) in [6, 6.07) is 11.2. The van der Waals surface area contributed by atoms with Crippen LogP contribution in [0.1, 0.15) is 28.3 Å². The van der Waals surface area contributed by atoms with Gasteiger partial charge in [-0.2, -0.15) is 0 Å². The maximum atomic E-state index is 13.7. The Morgan fingerprint density at radius 2 is 1.90 bits per heavy atom. The zero-order valence-electron chi connectivity index (χ0n) is 12.6. The van der Waals surface area contributed by atoms with Crippen LogP contribution in [0.3, 0.4) is 0 Å². The molecule has 0 amide bonds. The molecule has 0 fully saturated rings. The summed E-state index contributed by atoms with van der Waals surface area (Å²) in [5.41, 5.74) is 7.23. The molecular formula is C17H21FN2O. The Balaban J connectivity index is 2.22. The summed E-state index contributed by atoms with van der Waals surface area (Å²) in [5, 5.41) is 0. The number of rotatable bonds is 5. The Morgan fingerprint density at radius 1 is 1.14 bits per heavy atom. The maximum Gasteiger partial charge on any atom is 0.165 e. The monoisotopic (exact) mass is 288 g/mol. The van der Waals surface area contributed by atoms with Crippen LogP contribution >= 0.6 is 0 Å².